The Kier molecular flexibility index (Phi) is 8.51. The normalized spacial score (nSPS) is 10.6. The van der Waals surface area contributed by atoms with Crippen LogP contribution >= 0.6 is 0 Å². The van der Waals surface area contributed by atoms with Crippen molar-refractivity contribution >= 4 is 5.91 Å². The summed E-state index contributed by atoms with van der Waals surface area (Å²) in [5, 5.41) is 11.1. The Bertz CT molecular complexity index is 153. The first-order chi connectivity index (χ1) is 6.70. The van der Waals surface area contributed by atoms with E-state index >= 15 is 0 Å². The van der Waals surface area contributed by atoms with E-state index in [1.807, 2.05) is 11.9 Å². The van der Waals surface area contributed by atoms with E-state index in [1.54, 1.807) is 7.11 Å². The summed E-state index contributed by atoms with van der Waals surface area (Å²) < 4.78 is 4.90. The van der Waals surface area contributed by atoms with E-state index in [-0.39, 0.29) is 12.5 Å². The highest BCUT2D eigenvalue weighted by atomic mass is 16.5. The molecular formula is C9H20N2O3. The Morgan fingerprint density at radius 3 is 2.86 bits per heavy atom. The van der Waals surface area contributed by atoms with E-state index in [2.05, 4.69) is 5.32 Å². The number of rotatable bonds is 8. The second-order valence-corrected chi connectivity index (χ2v) is 3.16. The number of hydrogen-bond acceptors (Lipinski definition) is 4. The lowest BCUT2D eigenvalue weighted by Gasteiger charge is -2.15. The third kappa shape index (κ3) is 7.97. The van der Waals surface area contributed by atoms with Gasteiger partial charge in [-0.1, -0.05) is 0 Å². The average Bonchev–Trinajstić information content (AvgIpc) is 2.15. The molecule has 1 amide bonds. The molecule has 0 atom stereocenters. The summed E-state index contributed by atoms with van der Waals surface area (Å²) in [6.07, 6.45) is 0.917. The molecule has 0 aliphatic heterocycles. The van der Waals surface area contributed by atoms with E-state index in [9.17, 15) is 4.79 Å². The molecule has 0 aromatic rings. The number of likely N-dealkylation sites (N-methyl/N-ethyl adjacent to an activating group) is 1. The second kappa shape index (κ2) is 8.93. The summed E-state index contributed by atoms with van der Waals surface area (Å²) in [5.74, 6) is -0.0565. The van der Waals surface area contributed by atoms with Crippen molar-refractivity contribution in [1.82, 2.24) is 10.2 Å². The largest absolute Gasteiger partial charge is 0.395 e. The van der Waals surface area contributed by atoms with Gasteiger partial charge in [0, 0.05) is 26.8 Å². The Balaban J connectivity index is 3.40. The molecule has 0 unspecified atom stereocenters. The van der Waals surface area contributed by atoms with Crippen molar-refractivity contribution < 1.29 is 14.6 Å². The van der Waals surface area contributed by atoms with Crippen LogP contribution in [0, 0.1) is 0 Å². The maximum atomic E-state index is 11.1. The van der Waals surface area contributed by atoms with Crippen molar-refractivity contribution in [3.8, 4) is 0 Å². The van der Waals surface area contributed by atoms with Gasteiger partial charge < -0.3 is 15.2 Å². The minimum atomic E-state index is -0.0565. The molecule has 0 bridgehead atoms. The summed E-state index contributed by atoms with van der Waals surface area (Å²) in [6.45, 7) is 2.22. The first kappa shape index (κ1) is 13.4. The third-order valence-electron chi connectivity index (χ3n) is 1.74. The van der Waals surface area contributed by atoms with Crippen molar-refractivity contribution in [1.29, 1.82) is 0 Å². The Morgan fingerprint density at radius 1 is 1.57 bits per heavy atom. The van der Waals surface area contributed by atoms with Crippen molar-refractivity contribution in [2.24, 2.45) is 0 Å². The van der Waals surface area contributed by atoms with Crippen molar-refractivity contribution in [2.75, 3.05) is 47.0 Å². The minimum absolute atomic E-state index is 0.0148. The minimum Gasteiger partial charge on any atom is -0.395 e. The zero-order chi connectivity index (χ0) is 10.8. The van der Waals surface area contributed by atoms with Crippen molar-refractivity contribution in [3.63, 3.8) is 0 Å². The lowest BCUT2D eigenvalue weighted by atomic mass is 10.4. The topological polar surface area (TPSA) is 61.8 Å². The van der Waals surface area contributed by atoms with Crippen LogP contribution in [0.1, 0.15) is 6.42 Å². The van der Waals surface area contributed by atoms with E-state index in [1.165, 1.54) is 0 Å². The van der Waals surface area contributed by atoms with Gasteiger partial charge in [-0.05, 0) is 13.5 Å². The molecule has 2 N–H and O–H groups in total. The zero-order valence-electron chi connectivity index (χ0n) is 8.95. The van der Waals surface area contributed by atoms with Crippen LogP contribution in [-0.2, 0) is 9.53 Å². The molecule has 0 radical (unpaired) electrons. The number of amides is 1. The molecule has 5 heteroatoms. The first-order valence-corrected chi connectivity index (χ1v) is 4.75. The van der Waals surface area contributed by atoms with Crippen molar-refractivity contribution in [2.45, 2.75) is 6.42 Å². The highest BCUT2D eigenvalue weighted by molar-refractivity contribution is 5.77. The highest BCUT2D eigenvalue weighted by Gasteiger charge is 2.04. The molecule has 0 spiro atoms. The summed E-state index contributed by atoms with van der Waals surface area (Å²) in [7, 11) is 3.54. The van der Waals surface area contributed by atoms with Crippen LogP contribution in [0.2, 0.25) is 0 Å². The van der Waals surface area contributed by atoms with Gasteiger partial charge in [0.2, 0.25) is 5.91 Å². The van der Waals surface area contributed by atoms with E-state index < -0.39 is 0 Å². The van der Waals surface area contributed by atoms with Crippen LogP contribution in [0.25, 0.3) is 0 Å². The molecule has 84 valence electrons. The van der Waals surface area contributed by atoms with Gasteiger partial charge in [0.15, 0.2) is 0 Å². The molecule has 14 heavy (non-hydrogen) atoms. The monoisotopic (exact) mass is 204 g/mol. The summed E-state index contributed by atoms with van der Waals surface area (Å²) >= 11 is 0. The maximum Gasteiger partial charge on any atom is 0.234 e. The molecular weight excluding hydrogens is 184 g/mol. The van der Waals surface area contributed by atoms with Gasteiger partial charge >= 0.3 is 0 Å². The van der Waals surface area contributed by atoms with Gasteiger partial charge in [-0.3, -0.25) is 9.69 Å². The van der Waals surface area contributed by atoms with Crippen molar-refractivity contribution in [3.05, 3.63) is 0 Å². The molecule has 0 aliphatic carbocycles. The fraction of sp³-hybridized carbons (Fsp3) is 0.889. The molecule has 0 aromatic carbocycles. The molecule has 0 heterocycles. The number of methoxy groups -OCH3 is 1. The number of hydrogen-bond donors (Lipinski definition) is 2. The lowest BCUT2D eigenvalue weighted by Crippen LogP contribution is -2.37. The average molecular weight is 204 g/mol. The quantitative estimate of drug-likeness (QED) is 0.501. The molecule has 0 aliphatic rings. The molecule has 0 saturated carbocycles. The van der Waals surface area contributed by atoms with E-state index in [0.29, 0.717) is 19.7 Å². The maximum absolute atomic E-state index is 11.1. The van der Waals surface area contributed by atoms with E-state index in [0.717, 1.165) is 13.0 Å². The van der Waals surface area contributed by atoms with E-state index in [4.69, 9.17) is 9.84 Å². The van der Waals surface area contributed by atoms with Crippen LogP contribution in [-0.4, -0.2) is 62.9 Å². The van der Waals surface area contributed by atoms with Gasteiger partial charge in [-0.2, -0.15) is 0 Å². The Hall–Kier alpha value is -0.650. The lowest BCUT2D eigenvalue weighted by molar-refractivity contribution is -0.122. The number of nitrogens with one attached hydrogen (secondary N) is 1. The smallest absolute Gasteiger partial charge is 0.234 e. The molecule has 0 saturated heterocycles. The van der Waals surface area contributed by atoms with Gasteiger partial charge in [0.25, 0.3) is 0 Å². The van der Waals surface area contributed by atoms with Crippen LogP contribution in [0.5, 0.6) is 0 Å². The molecule has 5 nitrogen and oxygen atoms in total. The Morgan fingerprint density at radius 2 is 2.29 bits per heavy atom. The van der Waals surface area contributed by atoms with Crippen LogP contribution in [0.4, 0.5) is 0 Å². The number of aliphatic hydroxyl groups is 1. The number of nitrogens with zero attached hydrogens (tertiary/aromatic N) is 1. The van der Waals surface area contributed by atoms with Gasteiger partial charge in [-0.25, -0.2) is 0 Å². The Labute approximate surface area is 85.0 Å². The van der Waals surface area contributed by atoms with Crippen LogP contribution in [0.3, 0.4) is 0 Å². The SMILES string of the molecule is COCCCN(C)CC(=O)NCCO. The third-order valence-corrected chi connectivity index (χ3v) is 1.74. The summed E-state index contributed by atoms with van der Waals surface area (Å²) in [6, 6.07) is 0. The van der Waals surface area contributed by atoms with Crippen LogP contribution in [0.15, 0.2) is 0 Å². The molecule has 0 fully saturated rings. The number of carbonyl (C=O) groups excluding carboxylic acids is 1. The van der Waals surface area contributed by atoms with Crippen LogP contribution < -0.4 is 5.32 Å². The predicted octanol–water partition coefficient (Wildman–Crippen LogP) is -0.937. The standard InChI is InChI=1S/C9H20N2O3/c1-11(5-3-7-14-2)8-9(13)10-4-6-12/h12H,3-8H2,1-2H3,(H,10,13). The van der Waals surface area contributed by atoms with Gasteiger partial charge in [-0.15, -0.1) is 0 Å². The molecule has 0 aromatic heterocycles. The number of carbonyl (C=O) groups is 1. The summed E-state index contributed by atoms with van der Waals surface area (Å²) in [5.41, 5.74) is 0. The van der Waals surface area contributed by atoms with Gasteiger partial charge in [0.1, 0.15) is 0 Å². The zero-order valence-corrected chi connectivity index (χ0v) is 8.95. The predicted molar refractivity (Wildman–Crippen MR) is 54.1 cm³/mol. The molecule has 0 rings (SSSR count). The highest BCUT2D eigenvalue weighted by Crippen LogP contribution is 1.87. The summed E-state index contributed by atoms with van der Waals surface area (Å²) in [4.78, 5) is 13.1. The fourth-order valence-corrected chi connectivity index (χ4v) is 1.05. The number of aliphatic hydroxyl groups excluding tert-OH is 1. The van der Waals surface area contributed by atoms with Gasteiger partial charge in [0.05, 0.1) is 13.2 Å². The first-order valence-electron chi connectivity index (χ1n) is 4.75. The fourth-order valence-electron chi connectivity index (χ4n) is 1.05. The second-order valence-electron chi connectivity index (χ2n) is 3.16. The number of ether oxygens (including phenoxy) is 1.